The van der Waals surface area contributed by atoms with E-state index in [0.717, 1.165) is 5.56 Å². The molecule has 2 heterocycles. The summed E-state index contributed by atoms with van der Waals surface area (Å²) in [5.41, 5.74) is 1.66. The van der Waals surface area contributed by atoms with Gasteiger partial charge >= 0.3 is 0 Å². The normalized spacial score (nSPS) is 18.4. The number of piperidine rings is 1. The standard InChI is InChI=1S/C15H16N2O3/c18-12-5-7-16(8-6-12)14(19)10-17-9-11-3-1-2-4-13(11)15(17)20/h1-4H,5-10H2. The predicted molar refractivity (Wildman–Crippen MR) is 72.0 cm³/mol. The van der Waals surface area contributed by atoms with Crippen molar-refractivity contribution in [3.8, 4) is 0 Å². The molecule has 1 aromatic carbocycles. The summed E-state index contributed by atoms with van der Waals surface area (Å²) < 4.78 is 0. The Bertz CT molecular complexity index is 572. The number of rotatable bonds is 2. The molecule has 1 saturated heterocycles. The van der Waals surface area contributed by atoms with Crippen LogP contribution in [0.1, 0.15) is 28.8 Å². The molecule has 0 spiro atoms. The van der Waals surface area contributed by atoms with Crippen molar-refractivity contribution in [1.82, 2.24) is 9.80 Å². The third-order valence-electron chi connectivity index (χ3n) is 3.90. The highest BCUT2D eigenvalue weighted by atomic mass is 16.2. The van der Waals surface area contributed by atoms with Gasteiger partial charge in [-0.25, -0.2) is 0 Å². The number of ketones is 1. The van der Waals surface area contributed by atoms with Crippen LogP contribution in [-0.4, -0.2) is 47.0 Å². The average molecular weight is 272 g/mol. The van der Waals surface area contributed by atoms with Crippen LogP contribution < -0.4 is 0 Å². The molecule has 104 valence electrons. The lowest BCUT2D eigenvalue weighted by Crippen LogP contribution is -2.44. The van der Waals surface area contributed by atoms with Gasteiger partial charge in [0.25, 0.3) is 5.91 Å². The Morgan fingerprint density at radius 1 is 1.10 bits per heavy atom. The molecular formula is C15H16N2O3. The quantitative estimate of drug-likeness (QED) is 0.801. The second-order valence-electron chi connectivity index (χ2n) is 5.24. The first-order valence-electron chi connectivity index (χ1n) is 6.82. The van der Waals surface area contributed by atoms with Crippen molar-refractivity contribution in [1.29, 1.82) is 0 Å². The van der Waals surface area contributed by atoms with Gasteiger partial charge in [0, 0.05) is 38.0 Å². The summed E-state index contributed by atoms with van der Waals surface area (Å²) in [5, 5.41) is 0. The fourth-order valence-electron chi connectivity index (χ4n) is 2.71. The molecule has 20 heavy (non-hydrogen) atoms. The van der Waals surface area contributed by atoms with Crippen LogP contribution in [-0.2, 0) is 16.1 Å². The zero-order valence-corrected chi connectivity index (χ0v) is 11.2. The van der Waals surface area contributed by atoms with Crippen molar-refractivity contribution < 1.29 is 14.4 Å². The van der Waals surface area contributed by atoms with Crippen LogP contribution >= 0.6 is 0 Å². The number of carbonyl (C=O) groups is 3. The van der Waals surface area contributed by atoms with Gasteiger partial charge in [-0.15, -0.1) is 0 Å². The second kappa shape index (κ2) is 5.07. The Labute approximate surface area is 117 Å². The van der Waals surface area contributed by atoms with E-state index in [-0.39, 0.29) is 24.1 Å². The van der Waals surface area contributed by atoms with Gasteiger partial charge in [0.05, 0.1) is 0 Å². The van der Waals surface area contributed by atoms with Crippen molar-refractivity contribution in [2.24, 2.45) is 0 Å². The predicted octanol–water partition coefficient (Wildman–Crippen LogP) is 0.834. The van der Waals surface area contributed by atoms with E-state index < -0.39 is 0 Å². The lowest BCUT2D eigenvalue weighted by molar-refractivity contribution is -0.135. The van der Waals surface area contributed by atoms with Gasteiger partial charge in [-0.05, 0) is 11.6 Å². The van der Waals surface area contributed by atoms with Gasteiger partial charge in [-0.2, -0.15) is 0 Å². The number of amides is 2. The zero-order chi connectivity index (χ0) is 14.1. The van der Waals surface area contributed by atoms with E-state index in [1.54, 1.807) is 15.9 Å². The van der Waals surface area contributed by atoms with Crippen LogP contribution in [0.3, 0.4) is 0 Å². The Balaban J connectivity index is 1.64. The van der Waals surface area contributed by atoms with Gasteiger partial charge < -0.3 is 9.80 Å². The first-order chi connectivity index (χ1) is 9.65. The molecular weight excluding hydrogens is 256 g/mol. The number of nitrogens with zero attached hydrogens (tertiary/aromatic N) is 2. The molecule has 0 saturated carbocycles. The van der Waals surface area contributed by atoms with E-state index in [2.05, 4.69) is 0 Å². The third-order valence-corrected chi connectivity index (χ3v) is 3.90. The van der Waals surface area contributed by atoms with Crippen LogP contribution in [0, 0.1) is 0 Å². The minimum atomic E-state index is -0.0814. The van der Waals surface area contributed by atoms with Crippen LogP contribution in [0.5, 0.6) is 0 Å². The SMILES string of the molecule is O=C1CCN(C(=O)CN2Cc3ccccc3C2=O)CC1. The lowest BCUT2D eigenvalue weighted by atomic mass is 10.1. The summed E-state index contributed by atoms with van der Waals surface area (Å²) in [7, 11) is 0. The Morgan fingerprint density at radius 2 is 1.80 bits per heavy atom. The first-order valence-corrected chi connectivity index (χ1v) is 6.82. The minimum Gasteiger partial charge on any atom is -0.340 e. The molecule has 1 aromatic rings. The fourth-order valence-corrected chi connectivity index (χ4v) is 2.71. The number of benzene rings is 1. The fraction of sp³-hybridized carbons (Fsp3) is 0.400. The van der Waals surface area contributed by atoms with Crippen molar-refractivity contribution in [3.05, 3.63) is 35.4 Å². The van der Waals surface area contributed by atoms with Crippen molar-refractivity contribution in [2.45, 2.75) is 19.4 Å². The number of likely N-dealkylation sites (tertiary alicyclic amines) is 1. The van der Waals surface area contributed by atoms with E-state index in [9.17, 15) is 14.4 Å². The molecule has 3 rings (SSSR count). The number of hydrogen-bond donors (Lipinski definition) is 0. The topological polar surface area (TPSA) is 57.7 Å². The van der Waals surface area contributed by atoms with Gasteiger partial charge in [0.1, 0.15) is 12.3 Å². The molecule has 2 amide bonds. The van der Waals surface area contributed by atoms with Crippen LogP contribution in [0.15, 0.2) is 24.3 Å². The molecule has 2 aliphatic rings. The van der Waals surface area contributed by atoms with E-state index >= 15 is 0 Å². The Hall–Kier alpha value is -2.17. The van der Waals surface area contributed by atoms with Gasteiger partial charge in [0.2, 0.25) is 5.91 Å². The molecule has 2 aliphatic heterocycles. The summed E-state index contributed by atoms with van der Waals surface area (Å²) in [6.45, 7) is 1.55. The molecule has 0 atom stereocenters. The maximum absolute atomic E-state index is 12.2. The number of fused-ring (bicyclic) bond motifs is 1. The van der Waals surface area contributed by atoms with Crippen LogP contribution in [0.25, 0.3) is 0 Å². The maximum Gasteiger partial charge on any atom is 0.254 e. The third kappa shape index (κ3) is 2.31. The van der Waals surface area contributed by atoms with Crippen LogP contribution in [0.2, 0.25) is 0 Å². The summed E-state index contributed by atoms with van der Waals surface area (Å²) in [6.07, 6.45) is 0.861. The summed E-state index contributed by atoms with van der Waals surface area (Å²) >= 11 is 0. The van der Waals surface area contributed by atoms with Crippen LogP contribution in [0.4, 0.5) is 0 Å². The van der Waals surface area contributed by atoms with Gasteiger partial charge in [0.15, 0.2) is 0 Å². The molecule has 0 radical (unpaired) electrons. The molecule has 0 N–H and O–H groups in total. The average Bonchev–Trinajstić information content (AvgIpc) is 2.77. The zero-order valence-electron chi connectivity index (χ0n) is 11.2. The molecule has 0 aromatic heterocycles. The Morgan fingerprint density at radius 3 is 2.50 bits per heavy atom. The number of carbonyl (C=O) groups excluding carboxylic acids is 3. The molecule has 1 fully saturated rings. The van der Waals surface area contributed by atoms with E-state index in [1.165, 1.54) is 0 Å². The second-order valence-corrected chi connectivity index (χ2v) is 5.24. The first kappa shape index (κ1) is 12.8. The maximum atomic E-state index is 12.2. The summed E-state index contributed by atoms with van der Waals surface area (Å²) in [4.78, 5) is 38.8. The smallest absolute Gasteiger partial charge is 0.254 e. The van der Waals surface area contributed by atoms with Gasteiger partial charge in [-0.1, -0.05) is 18.2 Å². The highest BCUT2D eigenvalue weighted by Crippen LogP contribution is 2.22. The molecule has 0 bridgehead atoms. The van der Waals surface area contributed by atoms with E-state index in [4.69, 9.17) is 0 Å². The number of Topliss-reactive ketones (excluding diaryl/α,β-unsaturated/α-hetero) is 1. The monoisotopic (exact) mass is 272 g/mol. The van der Waals surface area contributed by atoms with Crippen molar-refractivity contribution in [2.75, 3.05) is 19.6 Å². The number of hydrogen-bond acceptors (Lipinski definition) is 3. The Kier molecular flexibility index (Phi) is 3.26. The van der Waals surface area contributed by atoms with Crippen molar-refractivity contribution >= 4 is 17.6 Å². The minimum absolute atomic E-state index is 0.0707. The summed E-state index contributed by atoms with van der Waals surface area (Å²) in [6, 6.07) is 7.44. The lowest BCUT2D eigenvalue weighted by Gasteiger charge is -2.28. The van der Waals surface area contributed by atoms with Crippen molar-refractivity contribution in [3.63, 3.8) is 0 Å². The summed E-state index contributed by atoms with van der Waals surface area (Å²) in [5.74, 6) is 0.0550. The molecule has 5 nitrogen and oxygen atoms in total. The van der Waals surface area contributed by atoms with E-state index in [1.807, 2.05) is 18.2 Å². The van der Waals surface area contributed by atoms with Gasteiger partial charge in [-0.3, -0.25) is 14.4 Å². The molecule has 0 unspecified atom stereocenters. The highest BCUT2D eigenvalue weighted by Gasteiger charge is 2.30. The molecule has 5 heteroatoms. The largest absolute Gasteiger partial charge is 0.340 e. The van der Waals surface area contributed by atoms with E-state index in [0.29, 0.717) is 38.0 Å². The highest BCUT2D eigenvalue weighted by molar-refractivity contribution is 6.00. The molecule has 0 aliphatic carbocycles.